The summed E-state index contributed by atoms with van der Waals surface area (Å²) >= 11 is 0. The number of phenolic OH excluding ortho intramolecular Hbond substituents is 2. The van der Waals surface area contributed by atoms with Crippen LogP contribution in [0, 0.1) is 0 Å². The van der Waals surface area contributed by atoms with E-state index in [9.17, 15) is 10.2 Å². The second kappa shape index (κ2) is 6.29. The molecule has 0 radical (unpaired) electrons. The van der Waals surface area contributed by atoms with Gasteiger partial charge in [0.1, 0.15) is 0 Å². The van der Waals surface area contributed by atoms with Crippen molar-refractivity contribution in [3.63, 3.8) is 0 Å². The summed E-state index contributed by atoms with van der Waals surface area (Å²) in [6.07, 6.45) is 5.30. The van der Waals surface area contributed by atoms with Gasteiger partial charge in [0, 0.05) is 11.6 Å². The van der Waals surface area contributed by atoms with Crippen LogP contribution in [0.15, 0.2) is 12.1 Å². The summed E-state index contributed by atoms with van der Waals surface area (Å²) in [5.74, 6) is 0.102. The fraction of sp³-hybridized carbons (Fsp3) is 0.625. The molecule has 0 spiro atoms. The van der Waals surface area contributed by atoms with E-state index in [1.165, 1.54) is 18.4 Å². The molecule has 0 aliphatic heterocycles. The van der Waals surface area contributed by atoms with Crippen LogP contribution in [0.2, 0.25) is 0 Å². The van der Waals surface area contributed by atoms with Crippen molar-refractivity contribution in [2.24, 2.45) is 0 Å². The number of fused-ring (bicyclic) bond motifs is 1. The molecule has 1 atom stereocenters. The summed E-state index contributed by atoms with van der Waals surface area (Å²) < 4.78 is 0. The molecule has 2 N–H and O–H groups in total. The topological polar surface area (TPSA) is 43.7 Å². The van der Waals surface area contributed by atoms with Crippen LogP contribution < -0.4 is 0 Å². The fourth-order valence-corrected chi connectivity index (χ4v) is 3.17. The number of rotatable bonds is 5. The van der Waals surface area contributed by atoms with E-state index in [4.69, 9.17) is 0 Å². The third kappa shape index (κ3) is 3.03. The molecule has 0 fully saturated rings. The third-order valence-electron chi connectivity index (χ3n) is 4.08. The molecule has 2 rings (SSSR count). The highest BCUT2D eigenvalue weighted by Crippen LogP contribution is 2.36. The number of nitrogens with zero attached hydrogens (tertiary/aromatic N) is 1. The molecule has 0 saturated carbocycles. The quantitative estimate of drug-likeness (QED) is 0.802. The van der Waals surface area contributed by atoms with Gasteiger partial charge in [-0.25, -0.2) is 0 Å². The lowest BCUT2D eigenvalue weighted by atomic mass is 9.86. The van der Waals surface area contributed by atoms with Gasteiger partial charge in [0.05, 0.1) is 0 Å². The minimum Gasteiger partial charge on any atom is -0.504 e. The smallest absolute Gasteiger partial charge is 0.160 e. The van der Waals surface area contributed by atoms with Gasteiger partial charge in [-0.1, -0.05) is 19.9 Å². The summed E-state index contributed by atoms with van der Waals surface area (Å²) in [5, 5.41) is 19.5. The summed E-state index contributed by atoms with van der Waals surface area (Å²) in [6.45, 7) is 6.75. The standard InChI is InChI=1S/C16H25NO2/c1-3-9-17(10-4-2)13-6-7-14-12(11-13)5-8-15(18)16(14)19/h5,8,13,18-19H,3-4,6-7,9-11H2,1-2H3/t13-/m1/s1. The van der Waals surface area contributed by atoms with Crippen molar-refractivity contribution >= 4 is 0 Å². The van der Waals surface area contributed by atoms with Crippen LogP contribution in [0.5, 0.6) is 11.5 Å². The summed E-state index contributed by atoms with van der Waals surface area (Å²) in [4.78, 5) is 2.58. The number of aromatic hydroxyl groups is 2. The first-order valence-corrected chi connectivity index (χ1v) is 7.44. The number of benzene rings is 1. The zero-order valence-corrected chi connectivity index (χ0v) is 12.0. The molecule has 0 saturated heterocycles. The Labute approximate surface area is 115 Å². The molecular formula is C16H25NO2. The van der Waals surface area contributed by atoms with Gasteiger partial charge in [-0.15, -0.1) is 0 Å². The van der Waals surface area contributed by atoms with Crippen LogP contribution >= 0.6 is 0 Å². The Morgan fingerprint density at radius 2 is 1.84 bits per heavy atom. The maximum absolute atomic E-state index is 9.91. The molecule has 0 heterocycles. The Bertz CT molecular complexity index is 425. The van der Waals surface area contributed by atoms with E-state index in [0.717, 1.165) is 37.9 Å². The minimum atomic E-state index is 0.0103. The molecule has 3 heteroatoms. The highest BCUT2D eigenvalue weighted by Gasteiger charge is 2.25. The van der Waals surface area contributed by atoms with E-state index in [-0.39, 0.29) is 11.5 Å². The van der Waals surface area contributed by atoms with E-state index >= 15 is 0 Å². The van der Waals surface area contributed by atoms with E-state index < -0.39 is 0 Å². The molecule has 19 heavy (non-hydrogen) atoms. The molecule has 3 nitrogen and oxygen atoms in total. The number of hydrogen-bond acceptors (Lipinski definition) is 3. The Hall–Kier alpha value is -1.22. The van der Waals surface area contributed by atoms with Gasteiger partial charge >= 0.3 is 0 Å². The maximum Gasteiger partial charge on any atom is 0.160 e. The zero-order chi connectivity index (χ0) is 13.8. The van der Waals surface area contributed by atoms with Crippen LogP contribution in [0.25, 0.3) is 0 Å². The monoisotopic (exact) mass is 263 g/mol. The summed E-state index contributed by atoms with van der Waals surface area (Å²) in [7, 11) is 0. The average Bonchev–Trinajstić information content (AvgIpc) is 2.42. The Balaban J connectivity index is 2.15. The number of phenols is 2. The normalized spacial score (nSPS) is 18.6. The highest BCUT2D eigenvalue weighted by atomic mass is 16.3. The van der Waals surface area contributed by atoms with Crippen LogP contribution in [-0.2, 0) is 12.8 Å². The van der Waals surface area contributed by atoms with E-state index in [2.05, 4.69) is 18.7 Å². The Morgan fingerprint density at radius 1 is 1.16 bits per heavy atom. The molecule has 0 aromatic heterocycles. The molecule has 0 bridgehead atoms. The van der Waals surface area contributed by atoms with Crippen molar-refractivity contribution in [1.82, 2.24) is 4.90 Å². The van der Waals surface area contributed by atoms with Crippen molar-refractivity contribution in [2.75, 3.05) is 13.1 Å². The molecule has 0 unspecified atom stereocenters. The minimum absolute atomic E-state index is 0.0103. The molecular weight excluding hydrogens is 238 g/mol. The third-order valence-corrected chi connectivity index (χ3v) is 4.08. The van der Waals surface area contributed by atoms with E-state index in [1.807, 2.05) is 6.07 Å². The lowest BCUT2D eigenvalue weighted by Crippen LogP contribution is -2.40. The SMILES string of the molecule is CCCN(CCC)[C@@H]1CCc2c(ccc(O)c2O)C1. The number of hydrogen-bond donors (Lipinski definition) is 2. The van der Waals surface area contributed by atoms with Crippen LogP contribution in [0.3, 0.4) is 0 Å². The second-order valence-corrected chi connectivity index (χ2v) is 5.50. The van der Waals surface area contributed by atoms with Crippen molar-refractivity contribution in [2.45, 2.75) is 52.0 Å². The fourth-order valence-electron chi connectivity index (χ4n) is 3.17. The second-order valence-electron chi connectivity index (χ2n) is 5.50. The first-order valence-electron chi connectivity index (χ1n) is 7.44. The first kappa shape index (κ1) is 14.2. The van der Waals surface area contributed by atoms with Crippen molar-refractivity contribution < 1.29 is 10.2 Å². The van der Waals surface area contributed by atoms with Gasteiger partial charge < -0.3 is 15.1 Å². The summed E-state index contributed by atoms with van der Waals surface area (Å²) in [5.41, 5.74) is 2.15. The van der Waals surface area contributed by atoms with Crippen molar-refractivity contribution in [3.8, 4) is 11.5 Å². The van der Waals surface area contributed by atoms with Gasteiger partial charge in [-0.05, 0) is 56.8 Å². The molecule has 1 aliphatic rings. The van der Waals surface area contributed by atoms with Gasteiger partial charge in [0.25, 0.3) is 0 Å². The Kier molecular flexibility index (Phi) is 4.70. The lowest BCUT2D eigenvalue weighted by Gasteiger charge is -2.35. The zero-order valence-electron chi connectivity index (χ0n) is 12.0. The molecule has 0 amide bonds. The highest BCUT2D eigenvalue weighted by molar-refractivity contribution is 5.50. The Morgan fingerprint density at radius 3 is 2.47 bits per heavy atom. The van der Waals surface area contributed by atoms with Gasteiger partial charge in [-0.2, -0.15) is 0 Å². The molecule has 1 aromatic carbocycles. The molecule has 1 aliphatic carbocycles. The van der Waals surface area contributed by atoms with Crippen molar-refractivity contribution in [3.05, 3.63) is 23.3 Å². The van der Waals surface area contributed by atoms with Crippen molar-refractivity contribution in [1.29, 1.82) is 0 Å². The van der Waals surface area contributed by atoms with E-state index in [1.54, 1.807) is 6.07 Å². The van der Waals surface area contributed by atoms with Gasteiger partial charge in [-0.3, -0.25) is 0 Å². The van der Waals surface area contributed by atoms with Gasteiger partial charge in [0.15, 0.2) is 11.5 Å². The maximum atomic E-state index is 9.91. The first-order chi connectivity index (χ1) is 9.17. The molecule has 106 valence electrons. The van der Waals surface area contributed by atoms with E-state index in [0.29, 0.717) is 6.04 Å². The van der Waals surface area contributed by atoms with Crippen LogP contribution in [-0.4, -0.2) is 34.2 Å². The predicted molar refractivity (Wildman–Crippen MR) is 77.7 cm³/mol. The van der Waals surface area contributed by atoms with Gasteiger partial charge in [0.2, 0.25) is 0 Å². The van der Waals surface area contributed by atoms with Crippen LogP contribution in [0.1, 0.15) is 44.2 Å². The average molecular weight is 263 g/mol. The largest absolute Gasteiger partial charge is 0.504 e. The molecule has 1 aromatic rings. The lowest BCUT2D eigenvalue weighted by molar-refractivity contribution is 0.179. The van der Waals surface area contributed by atoms with Crippen LogP contribution in [0.4, 0.5) is 0 Å². The predicted octanol–water partition coefficient (Wildman–Crippen LogP) is 3.08. The summed E-state index contributed by atoms with van der Waals surface area (Å²) in [6, 6.07) is 4.16.